The molecule has 0 bridgehead atoms. The molecule has 0 spiro atoms. The summed E-state index contributed by atoms with van der Waals surface area (Å²) in [4.78, 5) is 6.83. The van der Waals surface area contributed by atoms with Crippen molar-refractivity contribution in [3.8, 4) is 11.5 Å². The van der Waals surface area contributed by atoms with Crippen LogP contribution in [0, 0.1) is 5.82 Å². The van der Waals surface area contributed by atoms with E-state index in [1.54, 1.807) is 18.4 Å². The molecular formula is C16H21ClFN3O. The number of halogens is 2. The van der Waals surface area contributed by atoms with Crippen LogP contribution in [0.5, 0.6) is 0 Å². The van der Waals surface area contributed by atoms with Crippen LogP contribution < -0.4 is 5.32 Å². The van der Waals surface area contributed by atoms with E-state index in [1.807, 2.05) is 0 Å². The van der Waals surface area contributed by atoms with Crippen LogP contribution in [-0.2, 0) is 6.54 Å². The van der Waals surface area contributed by atoms with Gasteiger partial charge in [-0.15, -0.1) is 12.4 Å². The molecule has 22 heavy (non-hydrogen) atoms. The molecule has 2 aromatic rings. The Hall–Kier alpha value is -1.43. The first-order chi connectivity index (χ1) is 10.1. The topological polar surface area (TPSA) is 41.3 Å². The molecule has 4 nitrogen and oxygen atoms in total. The summed E-state index contributed by atoms with van der Waals surface area (Å²) in [6, 6.07) is 7.26. The summed E-state index contributed by atoms with van der Waals surface area (Å²) >= 11 is 0. The highest BCUT2D eigenvalue weighted by Gasteiger charge is 2.21. The maximum absolute atomic E-state index is 13.2. The van der Waals surface area contributed by atoms with Gasteiger partial charge in [0.2, 0.25) is 5.89 Å². The number of nitrogens with zero attached hydrogens (tertiary/aromatic N) is 2. The van der Waals surface area contributed by atoms with Gasteiger partial charge in [-0.1, -0.05) is 6.07 Å². The van der Waals surface area contributed by atoms with Crippen LogP contribution in [-0.4, -0.2) is 35.1 Å². The first kappa shape index (κ1) is 16.9. The lowest BCUT2D eigenvalue weighted by molar-refractivity contribution is 0.165. The molecule has 1 N–H and O–H groups in total. The fraction of sp³-hybridized carbons (Fsp3) is 0.438. The maximum Gasteiger partial charge on any atom is 0.226 e. The van der Waals surface area contributed by atoms with Gasteiger partial charge in [0, 0.05) is 37.3 Å². The predicted molar refractivity (Wildman–Crippen MR) is 86.5 cm³/mol. The minimum absolute atomic E-state index is 0. The van der Waals surface area contributed by atoms with Crippen LogP contribution in [0.15, 0.2) is 34.9 Å². The third-order valence-corrected chi connectivity index (χ3v) is 3.64. The Morgan fingerprint density at radius 2 is 2.05 bits per heavy atom. The van der Waals surface area contributed by atoms with Gasteiger partial charge in [-0.2, -0.15) is 0 Å². The van der Waals surface area contributed by atoms with E-state index in [2.05, 4.69) is 29.0 Å². The van der Waals surface area contributed by atoms with Crippen molar-refractivity contribution >= 4 is 12.4 Å². The SMILES string of the molecule is CC1CN(Cc2coc(-c3cccc(F)c3)n2)CC(C)N1.Cl. The van der Waals surface area contributed by atoms with Gasteiger partial charge >= 0.3 is 0 Å². The van der Waals surface area contributed by atoms with Crippen molar-refractivity contribution in [1.29, 1.82) is 0 Å². The summed E-state index contributed by atoms with van der Waals surface area (Å²) in [7, 11) is 0. The second-order valence-electron chi connectivity index (χ2n) is 5.82. The van der Waals surface area contributed by atoms with E-state index in [9.17, 15) is 4.39 Å². The van der Waals surface area contributed by atoms with Gasteiger partial charge < -0.3 is 9.73 Å². The number of nitrogens with one attached hydrogen (secondary N) is 1. The largest absolute Gasteiger partial charge is 0.444 e. The Balaban J connectivity index is 0.00000176. The van der Waals surface area contributed by atoms with E-state index in [-0.39, 0.29) is 18.2 Å². The summed E-state index contributed by atoms with van der Waals surface area (Å²) in [5.74, 6) is 0.192. The van der Waals surface area contributed by atoms with E-state index >= 15 is 0 Å². The second-order valence-corrected chi connectivity index (χ2v) is 5.82. The summed E-state index contributed by atoms with van der Waals surface area (Å²) in [5.41, 5.74) is 1.55. The van der Waals surface area contributed by atoms with E-state index < -0.39 is 0 Å². The van der Waals surface area contributed by atoms with Crippen molar-refractivity contribution in [3.05, 3.63) is 42.0 Å². The van der Waals surface area contributed by atoms with Crippen molar-refractivity contribution in [2.45, 2.75) is 32.5 Å². The van der Waals surface area contributed by atoms with Crippen LogP contribution >= 0.6 is 12.4 Å². The highest BCUT2D eigenvalue weighted by atomic mass is 35.5. The molecule has 2 heterocycles. The zero-order valence-electron chi connectivity index (χ0n) is 12.8. The number of rotatable bonds is 3. The molecule has 6 heteroatoms. The average Bonchev–Trinajstić information content (AvgIpc) is 2.86. The zero-order valence-corrected chi connectivity index (χ0v) is 13.6. The Morgan fingerprint density at radius 3 is 2.73 bits per heavy atom. The molecule has 2 unspecified atom stereocenters. The van der Waals surface area contributed by atoms with Crippen LogP contribution in [0.4, 0.5) is 4.39 Å². The van der Waals surface area contributed by atoms with Gasteiger partial charge in [0.1, 0.15) is 12.1 Å². The molecular weight excluding hydrogens is 305 g/mol. The molecule has 120 valence electrons. The lowest BCUT2D eigenvalue weighted by atomic mass is 10.1. The standard InChI is InChI=1S/C16H20FN3O.ClH/c1-11-7-20(8-12(2)18-11)9-15-10-21-16(19-15)13-4-3-5-14(17)6-13;/h3-6,10-12,18H,7-9H2,1-2H3;1H. The van der Waals surface area contributed by atoms with Gasteiger partial charge in [0.05, 0.1) is 5.69 Å². The fourth-order valence-electron chi connectivity index (χ4n) is 2.93. The molecule has 0 radical (unpaired) electrons. The lowest BCUT2D eigenvalue weighted by Crippen LogP contribution is -2.53. The number of piperazine rings is 1. The first-order valence-electron chi connectivity index (χ1n) is 7.29. The fourth-order valence-corrected chi connectivity index (χ4v) is 2.93. The monoisotopic (exact) mass is 325 g/mol. The van der Waals surface area contributed by atoms with Crippen molar-refractivity contribution in [3.63, 3.8) is 0 Å². The third kappa shape index (κ3) is 4.06. The van der Waals surface area contributed by atoms with Crippen molar-refractivity contribution in [2.24, 2.45) is 0 Å². The third-order valence-electron chi connectivity index (χ3n) is 3.64. The highest BCUT2D eigenvalue weighted by molar-refractivity contribution is 5.85. The maximum atomic E-state index is 13.2. The van der Waals surface area contributed by atoms with Crippen LogP contribution in [0.25, 0.3) is 11.5 Å². The van der Waals surface area contributed by atoms with Crippen molar-refractivity contribution < 1.29 is 8.81 Å². The summed E-state index contributed by atoms with van der Waals surface area (Å²) in [6.07, 6.45) is 1.66. The van der Waals surface area contributed by atoms with Gasteiger partial charge in [-0.05, 0) is 32.0 Å². The predicted octanol–water partition coefficient (Wildman–Crippen LogP) is 3.08. The summed E-state index contributed by atoms with van der Waals surface area (Å²) in [6.45, 7) is 7.11. The molecule has 1 aliphatic rings. The average molecular weight is 326 g/mol. The molecule has 1 fully saturated rings. The van der Waals surface area contributed by atoms with Crippen LogP contribution in [0.1, 0.15) is 19.5 Å². The molecule has 2 atom stereocenters. The Kier molecular flexibility index (Phi) is 5.56. The number of oxazole rings is 1. The zero-order chi connectivity index (χ0) is 14.8. The quantitative estimate of drug-likeness (QED) is 0.941. The van der Waals surface area contributed by atoms with E-state index in [1.165, 1.54) is 12.1 Å². The van der Waals surface area contributed by atoms with Gasteiger partial charge in [0.15, 0.2) is 0 Å². The van der Waals surface area contributed by atoms with E-state index in [0.29, 0.717) is 23.5 Å². The number of benzene rings is 1. The molecule has 1 aromatic heterocycles. The van der Waals surface area contributed by atoms with E-state index in [4.69, 9.17) is 4.42 Å². The van der Waals surface area contributed by atoms with Gasteiger partial charge in [-0.25, -0.2) is 9.37 Å². The lowest BCUT2D eigenvalue weighted by Gasteiger charge is -2.35. The Morgan fingerprint density at radius 1 is 1.32 bits per heavy atom. The van der Waals surface area contributed by atoms with E-state index in [0.717, 1.165) is 25.3 Å². The van der Waals surface area contributed by atoms with Crippen molar-refractivity contribution in [1.82, 2.24) is 15.2 Å². The molecule has 3 rings (SSSR count). The highest BCUT2D eigenvalue weighted by Crippen LogP contribution is 2.20. The van der Waals surface area contributed by atoms with Crippen molar-refractivity contribution in [2.75, 3.05) is 13.1 Å². The number of aromatic nitrogens is 1. The van der Waals surface area contributed by atoms with Gasteiger partial charge in [0.25, 0.3) is 0 Å². The smallest absolute Gasteiger partial charge is 0.226 e. The Bertz CT molecular complexity index is 609. The van der Waals surface area contributed by atoms with Crippen LogP contribution in [0.3, 0.4) is 0 Å². The molecule has 1 saturated heterocycles. The minimum atomic E-state index is -0.281. The second kappa shape index (κ2) is 7.22. The number of hydrogen-bond acceptors (Lipinski definition) is 4. The minimum Gasteiger partial charge on any atom is -0.444 e. The molecule has 0 saturated carbocycles. The molecule has 1 aromatic carbocycles. The van der Waals surface area contributed by atoms with Crippen LogP contribution in [0.2, 0.25) is 0 Å². The molecule has 0 amide bonds. The Labute approximate surface area is 136 Å². The molecule has 0 aliphatic carbocycles. The van der Waals surface area contributed by atoms with Gasteiger partial charge in [-0.3, -0.25) is 4.90 Å². The summed E-state index contributed by atoms with van der Waals surface area (Å²) in [5, 5.41) is 3.51. The normalized spacial score (nSPS) is 22.3. The molecule has 1 aliphatic heterocycles. The summed E-state index contributed by atoms with van der Waals surface area (Å²) < 4.78 is 18.7. The number of hydrogen-bond donors (Lipinski definition) is 1. The first-order valence-corrected chi connectivity index (χ1v) is 7.29.